The van der Waals surface area contributed by atoms with Gasteiger partial charge in [-0.15, -0.1) is 0 Å². The third-order valence-corrected chi connectivity index (χ3v) is 3.44. The van der Waals surface area contributed by atoms with Crippen LogP contribution in [-0.2, 0) is 4.74 Å². The van der Waals surface area contributed by atoms with Crippen LogP contribution in [0, 0.1) is 5.41 Å². The highest BCUT2D eigenvalue weighted by Gasteiger charge is 2.70. The molecule has 0 aromatic rings. The molecular weight excluding hydrogens is 219 g/mol. The van der Waals surface area contributed by atoms with E-state index in [2.05, 4.69) is 4.74 Å². The maximum atomic E-state index is 12.6. The van der Waals surface area contributed by atoms with Crippen molar-refractivity contribution in [1.82, 2.24) is 4.90 Å². The summed E-state index contributed by atoms with van der Waals surface area (Å²) in [6.45, 7) is 5.54. The van der Waals surface area contributed by atoms with Crippen LogP contribution in [0.3, 0.4) is 0 Å². The Labute approximate surface area is 94.8 Å². The van der Waals surface area contributed by atoms with Crippen molar-refractivity contribution >= 4 is 0 Å². The highest BCUT2D eigenvalue weighted by molar-refractivity contribution is 5.14. The lowest BCUT2D eigenvalue weighted by Gasteiger charge is -2.62. The molecule has 0 amide bonds. The molecule has 2 nitrogen and oxygen atoms in total. The van der Waals surface area contributed by atoms with E-state index in [1.54, 1.807) is 0 Å². The quantitative estimate of drug-likeness (QED) is 0.697. The van der Waals surface area contributed by atoms with Gasteiger partial charge in [-0.05, 0) is 19.9 Å². The smallest absolute Gasteiger partial charge is 0.369 e. The summed E-state index contributed by atoms with van der Waals surface area (Å²) < 4.78 is 42.5. The molecule has 0 bridgehead atoms. The molecule has 1 heterocycles. The summed E-state index contributed by atoms with van der Waals surface area (Å²) >= 11 is 0. The van der Waals surface area contributed by atoms with E-state index in [0.29, 0.717) is 0 Å². The Morgan fingerprint density at radius 1 is 1.12 bits per heavy atom. The molecule has 0 aromatic heterocycles. The van der Waals surface area contributed by atoms with Gasteiger partial charge in [0.25, 0.3) is 0 Å². The number of hydrogen-bond acceptors (Lipinski definition) is 2. The maximum absolute atomic E-state index is 12.6. The van der Waals surface area contributed by atoms with Crippen LogP contribution in [0.4, 0.5) is 13.2 Å². The van der Waals surface area contributed by atoms with Crippen LogP contribution in [0.25, 0.3) is 0 Å². The largest absolute Gasteiger partial charge is 0.417 e. The first-order valence-electron chi connectivity index (χ1n) is 5.63. The minimum atomic E-state index is -4.22. The highest BCUT2D eigenvalue weighted by Crippen LogP contribution is 2.60. The number of rotatable bonds is 1. The fraction of sp³-hybridized carbons (Fsp3) is 1.00. The Bertz CT molecular complexity index is 238. The molecule has 0 aromatic carbocycles. The van der Waals surface area contributed by atoms with E-state index in [0.717, 1.165) is 20.2 Å². The zero-order chi connectivity index (χ0) is 12.6. The predicted octanol–water partition coefficient (Wildman–Crippen LogP) is 2.69. The second-order valence-corrected chi connectivity index (χ2v) is 4.72. The van der Waals surface area contributed by atoms with E-state index >= 15 is 0 Å². The summed E-state index contributed by atoms with van der Waals surface area (Å²) in [5.74, 6) is 0. The number of ether oxygens (including phenoxy) is 1. The van der Waals surface area contributed by atoms with Crippen LogP contribution in [-0.4, -0.2) is 43.9 Å². The van der Waals surface area contributed by atoms with Crippen molar-refractivity contribution in [1.29, 1.82) is 0 Å². The van der Waals surface area contributed by atoms with E-state index in [9.17, 15) is 13.2 Å². The van der Waals surface area contributed by atoms with Gasteiger partial charge in [0, 0.05) is 25.6 Å². The average molecular weight is 239 g/mol. The van der Waals surface area contributed by atoms with Gasteiger partial charge in [-0.1, -0.05) is 13.8 Å². The van der Waals surface area contributed by atoms with E-state index in [4.69, 9.17) is 0 Å². The fourth-order valence-electron chi connectivity index (χ4n) is 2.94. The summed E-state index contributed by atoms with van der Waals surface area (Å²) in [6, 6.07) is 0. The predicted molar refractivity (Wildman–Crippen MR) is 56.3 cm³/mol. The molecule has 1 aliphatic carbocycles. The van der Waals surface area contributed by atoms with Crippen LogP contribution >= 0.6 is 0 Å². The van der Waals surface area contributed by atoms with Gasteiger partial charge in [0.15, 0.2) is 5.60 Å². The van der Waals surface area contributed by atoms with Gasteiger partial charge >= 0.3 is 6.18 Å². The van der Waals surface area contributed by atoms with Gasteiger partial charge in [-0.25, -0.2) is 0 Å². The Morgan fingerprint density at radius 3 is 1.81 bits per heavy atom. The van der Waals surface area contributed by atoms with Crippen molar-refractivity contribution < 1.29 is 17.9 Å². The summed E-state index contributed by atoms with van der Waals surface area (Å²) in [5, 5.41) is 0. The number of nitrogens with zero attached hydrogens (tertiary/aromatic N) is 1. The Morgan fingerprint density at radius 2 is 1.56 bits per heavy atom. The first kappa shape index (κ1) is 13.8. The van der Waals surface area contributed by atoms with Crippen molar-refractivity contribution in [2.75, 3.05) is 27.2 Å². The van der Waals surface area contributed by atoms with E-state index < -0.39 is 11.8 Å². The lowest BCUT2D eigenvalue weighted by molar-refractivity contribution is -0.339. The van der Waals surface area contributed by atoms with Gasteiger partial charge in [0.1, 0.15) is 0 Å². The molecule has 2 rings (SSSR count). The van der Waals surface area contributed by atoms with Crippen LogP contribution < -0.4 is 0 Å². The van der Waals surface area contributed by atoms with Crippen molar-refractivity contribution in [2.24, 2.45) is 5.41 Å². The summed E-state index contributed by atoms with van der Waals surface area (Å²) in [7, 11) is 3.08. The minimum absolute atomic E-state index is 0.111. The normalized spacial score (nSPS) is 26.4. The Hall–Kier alpha value is -0.290. The molecule has 0 N–H and O–H groups in total. The lowest BCUT2D eigenvalue weighted by Crippen LogP contribution is -2.71. The topological polar surface area (TPSA) is 12.5 Å². The van der Waals surface area contributed by atoms with Crippen molar-refractivity contribution in [3.8, 4) is 0 Å². The van der Waals surface area contributed by atoms with Crippen LogP contribution in [0.1, 0.15) is 26.7 Å². The first-order valence-corrected chi connectivity index (χ1v) is 5.63. The molecule has 0 atom stereocenters. The van der Waals surface area contributed by atoms with Crippen LogP contribution in [0.5, 0.6) is 0 Å². The van der Waals surface area contributed by atoms with E-state index in [1.807, 2.05) is 25.8 Å². The molecule has 0 unspecified atom stereocenters. The first-order chi connectivity index (χ1) is 7.33. The standard InChI is InChI=1S/C9H14F3NO.C2H6/c1-13-5-7(6-13)3-8(4-7,14-2)9(10,11)12;1-2/h3-6H2,1-2H3;1-2H3. The Kier molecular flexibility index (Phi) is 3.60. The monoisotopic (exact) mass is 239 g/mol. The summed E-state index contributed by atoms with van der Waals surface area (Å²) in [5.41, 5.74) is -1.96. The van der Waals surface area contributed by atoms with Gasteiger partial charge in [-0.3, -0.25) is 0 Å². The van der Waals surface area contributed by atoms with Gasteiger partial charge in [0.2, 0.25) is 0 Å². The van der Waals surface area contributed by atoms with E-state index in [-0.39, 0.29) is 18.3 Å². The van der Waals surface area contributed by atoms with Crippen LogP contribution in [0.2, 0.25) is 0 Å². The Balaban J connectivity index is 0.000000606. The molecule has 1 saturated heterocycles. The third kappa shape index (κ3) is 1.95. The van der Waals surface area contributed by atoms with Gasteiger partial charge in [-0.2, -0.15) is 13.2 Å². The molecular formula is C11H20F3NO. The highest BCUT2D eigenvalue weighted by atomic mass is 19.4. The number of alkyl halides is 3. The van der Waals surface area contributed by atoms with Crippen LogP contribution in [0.15, 0.2) is 0 Å². The van der Waals surface area contributed by atoms with Crippen molar-refractivity contribution in [3.05, 3.63) is 0 Å². The van der Waals surface area contributed by atoms with Crippen molar-refractivity contribution in [3.63, 3.8) is 0 Å². The van der Waals surface area contributed by atoms with Gasteiger partial charge in [0.05, 0.1) is 0 Å². The molecule has 2 fully saturated rings. The van der Waals surface area contributed by atoms with E-state index in [1.165, 1.54) is 0 Å². The summed E-state index contributed by atoms with van der Waals surface area (Å²) in [6.07, 6.45) is -3.96. The zero-order valence-corrected chi connectivity index (χ0v) is 10.3. The SMILES string of the molecule is CC.COC1(C(F)(F)F)CC2(CN(C)C2)C1. The second-order valence-electron chi connectivity index (χ2n) is 4.72. The third-order valence-electron chi connectivity index (χ3n) is 3.44. The molecule has 0 radical (unpaired) electrons. The van der Waals surface area contributed by atoms with Gasteiger partial charge < -0.3 is 9.64 Å². The summed E-state index contributed by atoms with van der Waals surface area (Å²) in [4.78, 5) is 2.04. The second kappa shape index (κ2) is 4.18. The molecule has 1 spiro atoms. The molecule has 16 heavy (non-hydrogen) atoms. The molecule has 1 saturated carbocycles. The fourth-order valence-corrected chi connectivity index (χ4v) is 2.94. The molecule has 96 valence electrons. The van der Waals surface area contributed by atoms with Crippen molar-refractivity contribution in [2.45, 2.75) is 38.5 Å². The average Bonchev–Trinajstić information content (AvgIpc) is 2.10. The molecule has 1 aliphatic heterocycles. The number of halogens is 3. The maximum Gasteiger partial charge on any atom is 0.417 e. The minimum Gasteiger partial charge on any atom is -0.369 e. The number of methoxy groups -OCH3 is 1. The number of hydrogen-bond donors (Lipinski definition) is 0. The lowest BCUT2D eigenvalue weighted by atomic mass is 9.55. The zero-order valence-electron chi connectivity index (χ0n) is 10.3. The molecule has 2 aliphatic rings. The number of likely N-dealkylation sites (tertiary alicyclic amines) is 1. The molecule has 5 heteroatoms.